The summed E-state index contributed by atoms with van der Waals surface area (Å²) >= 11 is 0. The summed E-state index contributed by atoms with van der Waals surface area (Å²) in [4.78, 5) is 12.4. The molecular weight excluding hydrogens is 254 g/mol. The molecule has 1 aromatic heterocycles. The largest absolute Gasteiger partial charge is 0.348 e. The monoisotopic (exact) mass is 271 g/mol. The molecule has 104 valence electrons. The Balaban J connectivity index is 1.64. The van der Waals surface area contributed by atoms with E-state index in [0.29, 0.717) is 12.4 Å². The highest BCUT2D eigenvalue weighted by Crippen LogP contribution is 2.44. The van der Waals surface area contributed by atoms with Crippen molar-refractivity contribution in [1.29, 1.82) is 0 Å². The summed E-state index contributed by atoms with van der Waals surface area (Å²) in [6.07, 6.45) is 3.80. The molecule has 20 heavy (non-hydrogen) atoms. The second kappa shape index (κ2) is 5.40. The standard InChI is InChI=1S/C14H17N5O/c20-13(15-10-12-16-18-19-17-12)14(7-4-8-14)9-11-5-2-1-3-6-11/h1-3,5-6H,4,7-10H2,(H,15,20)(H,16,17,18,19). The van der Waals surface area contributed by atoms with E-state index in [1.165, 1.54) is 5.56 Å². The molecule has 0 unspecified atom stereocenters. The number of rotatable bonds is 5. The minimum atomic E-state index is -0.259. The van der Waals surface area contributed by atoms with Crippen LogP contribution >= 0.6 is 0 Å². The van der Waals surface area contributed by atoms with Crippen LogP contribution in [0.25, 0.3) is 0 Å². The molecule has 0 aliphatic heterocycles. The Bertz CT molecular complexity index is 563. The Morgan fingerprint density at radius 1 is 1.30 bits per heavy atom. The molecule has 6 heteroatoms. The normalized spacial score (nSPS) is 16.4. The van der Waals surface area contributed by atoms with Crippen LogP contribution in [0.3, 0.4) is 0 Å². The molecule has 3 rings (SSSR count). The summed E-state index contributed by atoms with van der Waals surface area (Å²) in [5.41, 5.74) is 0.951. The van der Waals surface area contributed by atoms with E-state index in [-0.39, 0.29) is 11.3 Å². The van der Waals surface area contributed by atoms with Crippen molar-refractivity contribution in [3.8, 4) is 0 Å². The van der Waals surface area contributed by atoms with E-state index in [0.717, 1.165) is 25.7 Å². The summed E-state index contributed by atoms with van der Waals surface area (Å²) in [5, 5.41) is 16.5. The fourth-order valence-corrected chi connectivity index (χ4v) is 2.68. The summed E-state index contributed by atoms with van der Waals surface area (Å²) < 4.78 is 0. The molecule has 0 atom stereocenters. The molecule has 2 N–H and O–H groups in total. The molecule has 1 fully saturated rings. The Labute approximate surface area is 117 Å². The number of tetrazole rings is 1. The number of carbonyl (C=O) groups is 1. The Hall–Kier alpha value is -2.24. The summed E-state index contributed by atoms with van der Waals surface area (Å²) in [6, 6.07) is 10.2. The molecule has 1 saturated carbocycles. The van der Waals surface area contributed by atoms with Crippen molar-refractivity contribution in [2.24, 2.45) is 5.41 Å². The van der Waals surface area contributed by atoms with Crippen LogP contribution in [0.2, 0.25) is 0 Å². The highest BCUT2D eigenvalue weighted by atomic mass is 16.2. The lowest BCUT2D eigenvalue weighted by atomic mass is 9.64. The van der Waals surface area contributed by atoms with E-state index in [1.54, 1.807) is 0 Å². The lowest BCUT2D eigenvalue weighted by Crippen LogP contribution is -2.47. The number of hydrogen-bond acceptors (Lipinski definition) is 4. The van der Waals surface area contributed by atoms with Crippen LogP contribution in [0.4, 0.5) is 0 Å². The molecule has 1 aliphatic carbocycles. The zero-order valence-corrected chi connectivity index (χ0v) is 11.2. The number of nitrogens with one attached hydrogen (secondary N) is 2. The van der Waals surface area contributed by atoms with Crippen molar-refractivity contribution >= 4 is 5.91 Å². The van der Waals surface area contributed by atoms with Gasteiger partial charge in [0.25, 0.3) is 0 Å². The molecule has 1 amide bonds. The number of aromatic nitrogens is 4. The van der Waals surface area contributed by atoms with Crippen LogP contribution < -0.4 is 5.32 Å². The number of carbonyl (C=O) groups excluding carboxylic acids is 1. The molecule has 2 aromatic rings. The number of hydrogen-bond donors (Lipinski definition) is 2. The maximum Gasteiger partial charge on any atom is 0.226 e. The van der Waals surface area contributed by atoms with Gasteiger partial charge >= 0.3 is 0 Å². The third-order valence-electron chi connectivity index (χ3n) is 3.97. The molecule has 0 bridgehead atoms. The van der Waals surface area contributed by atoms with Gasteiger partial charge in [-0.3, -0.25) is 4.79 Å². The molecule has 1 aliphatic rings. The predicted octanol–water partition coefficient (Wildman–Crippen LogP) is 1.23. The number of amides is 1. The van der Waals surface area contributed by atoms with Crippen molar-refractivity contribution in [3.63, 3.8) is 0 Å². The molecule has 6 nitrogen and oxygen atoms in total. The summed E-state index contributed by atoms with van der Waals surface area (Å²) in [6.45, 7) is 0.325. The van der Waals surface area contributed by atoms with Gasteiger partial charge in [0.1, 0.15) is 0 Å². The van der Waals surface area contributed by atoms with Gasteiger partial charge < -0.3 is 5.32 Å². The molecule has 0 spiro atoms. The molecule has 0 radical (unpaired) electrons. The van der Waals surface area contributed by atoms with E-state index in [2.05, 4.69) is 38.1 Å². The lowest BCUT2D eigenvalue weighted by molar-refractivity contribution is -0.136. The van der Waals surface area contributed by atoms with Gasteiger partial charge in [-0.05, 0) is 24.8 Å². The van der Waals surface area contributed by atoms with Gasteiger partial charge in [0.15, 0.2) is 5.82 Å². The molecular formula is C14H17N5O. The van der Waals surface area contributed by atoms with E-state index < -0.39 is 0 Å². The first-order valence-electron chi connectivity index (χ1n) is 6.83. The number of nitrogens with zero attached hydrogens (tertiary/aromatic N) is 3. The highest BCUT2D eigenvalue weighted by Gasteiger charge is 2.43. The van der Waals surface area contributed by atoms with Crippen LogP contribution in [0, 0.1) is 5.41 Å². The lowest BCUT2D eigenvalue weighted by Gasteiger charge is -2.40. The number of H-pyrrole nitrogens is 1. The van der Waals surface area contributed by atoms with Crippen molar-refractivity contribution in [2.75, 3.05) is 0 Å². The Morgan fingerprint density at radius 3 is 2.70 bits per heavy atom. The van der Waals surface area contributed by atoms with E-state index in [4.69, 9.17) is 0 Å². The summed E-state index contributed by atoms with van der Waals surface area (Å²) in [5.74, 6) is 0.602. The Kier molecular flexibility index (Phi) is 3.45. The Morgan fingerprint density at radius 2 is 2.10 bits per heavy atom. The van der Waals surface area contributed by atoms with Crippen molar-refractivity contribution < 1.29 is 4.79 Å². The van der Waals surface area contributed by atoms with Gasteiger partial charge in [0, 0.05) is 0 Å². The topological polar surface area (TPSA) is 83.6 Å². The van der Waals surface area contributed by atoms with Gasteiger partial charge in [-0.25, -0.2) is 0 Å². The van der Waals surface area contributed by atoms with Gasteiger partial charge in [-0.1, -0.05) is 42.0 Å². The minimum Gasteiger partial charge on any atom is -0.348 e. The first kappa shape index (κ1) is 12.8. The first-order chi connectivity index (χ1) is 9.78. The fraction of sp³-hybridized carbons (Fsp3) is 0.429. The van der Waals surface area contributed by atoms with E-state index in [9.17, 15) is 4.79 Å². The first-order valence-corrected chi connectivity index (χ1v) is 6.83. The SMILES string of the molecule is O=C(NCc1nn[nH]n1)C1(Cc2ccccc2)CCC1. The van der Waals surface area contributed by atoms with Crippen molar-refractivity contribution in [3.05, 3.63) is 41.7 Å². The van der Waals surface area contributed by atoms with E-state index in [1.807, 2.05) is 18.2 Å². The quantitative estimate of drug-likeness (QED) is 0.856. The number of aromatic amines is 1. The maximum atomic E-state index is 12.4. The van der Waals surface area contributed by atoms with Crippen LogP contribution in [-0.2, 0) is 17.8 Å². The molecule has 1 heterocycles. The summed E-state index contributed by atoms with van der Waals surface area (Å²) in [7, 11) is 0. The zero-order chi connectivity index (χ0) is 13.8. The van der Waals surface area contributed by atoms with Crippen LogP contribution in [0.1, 0.15) is 30.7 Å². The van der Waals surface area contributed by atoms with Gasteiger partial charge in [-0.15, -0.1) is 10.2 Å². The molecule has 0 saturated heterocycles. The number of benzene rings is 1. The second-order valence-electron chi connectivity index (χ2n) is 5.31. The minimum absolute atomic E-state index is 0.0948. The van der Waals surface area contributed by atoms with Crippen LogP contribution in [0.5, 0.6) is 0 Å². The van der Waals surface area contributed by atoms with E-state index >= 15 is 0 Å². The average molecular weight is 271 g/mol. The highest BCUT2D eigenvalue weighted by molar-refractivity contribution is 5.83. The fourth-order valence-electron chi connectivity index (χ4n) is 2.68. The molecule has 1 aromatic carbocycles. The smallest absolute Gasteiger partial charge is 0.226 e. The van der Waals surface area contributed by atoms with Gasteiger partial charge in [0.2, 0.25) is 5.91 Å². The average Bonchev–Trinajstić information content (AvgIpc) is 2.94. The predicted molar refractivity (Wildman–Crippen MR) is 72.5 cm³/mol. The third-order valence-corrected chi connectivity index (χ3v) is 3.97. The van der Waals surface area contributed by atoms with Crippen LogP contribution in [0.15, 0.2) is 30.3 Å². The van der Waals surface area contributed by atoms with Crippen molar-refractivity contribution in [2.45, 2.75) is 32.2 Å². The third kappa shape index (κ3) is 2.54. The maximum absolute atomic E-state index is 12.4. The van der Waals surface area contributed by atoms with Gasteiger partial charge in [0.05, 0.1) is 12.0 Å². The van der Waals surface area contributed by atoms with Crippen molar-refractivity contribution in [1.82, 2.24) is 25.9 Å². The second-order valence-corrected chi connectivity index (χ2v) is 5.31. The van der Waals surface area contributed by atoms with Gasteiger partial charge in [-0.2, -0.15) is 5.21 Å². The zero-order valence-electron chi connectivity index (χ0n) is 11.2. The van der Waals surface area contributed by atoms with Crippen LogP contribution in [-0.4, -0.2) is 26.5 Å².